The van der Waals surface area contributed by atoms with Gasteiger partial charge in [-0.05, 0) is 31.2 Å². The van der Waals surface area contributed by atoms with Crippen LogP contribution in [0.15, 0.2) is 56.3 Å². The van der Waals surface area contributed by atoms with E-state index in [2.05, 4.69) is 15.5 Å². The summed E-state index contributed by atoms with van der Waals surface area (Å²) in [4.78, 5) is 16.2. The summed E-state index contributed by atoms with van der Waals surface area (Å²) in [6.07, 6.45) is 0.0470. The minimum Gasteiger partial charge on any atom is -0.465 e. The Morgan fingerprint density at radius 3 is 2.62 bits per heavy atom. The van der Waals surface area contributed by atoms with Gasteiger partial charge in [0.25, 0.3) is 0 Å². The van der Waals surface area contributed by atoms with Gasteiger partial charge in [-0.15, -0.1) is 0 Å². The smallest absolute Gasteiger partial charge is 0.315 e. The van der Waals surface area contributed by atoms with Gasteiger partial charge in [-0.3, -0.25) is 4.79 Å². The molecule has 1 N–H and O–H groups in total. The summed E-state index contributed by atoms with van der Waals surface area (Å²) in [6, 6.07) is 11.7. The number of amides is 1. The number of nitrogens with zero attached hydrogens (tertiary/aromatic N) is 2. The van der Waals surface area contributed by atoms with Gasteiger partial charge in [0.1, 0.15) is 11.5 Å². The van der Waals surface area contributed by atoms with E-state index in [4.69, 9.17) is 8.94 Å². The third-order valence-corrected chi connectivity index (χ3v) is 5.31. The normalized spacial score (nSPS) is 11.4. The van der Waals surface area contributed by atoms with Crippen LogP contribution >= 0.6 is 0 Å². The summed E-state index contributed by atoms with van der Waals surface area (Å²) in [7, 11) is -3.45. The second kappa shape index (κ2) is 7.52. The van der Waals surface area contributed by atoms with E-state index < -0.39 is 15.7 Å². The average Bonchev–Trinajstić information content (AvgIpc) is 3.28. The van der Waals surface area contributed by atoms with Crippen LogP contribution < -0.4 is 5.32 Å². The van der Waals surface area contributed by atoms with Gasteiger partial charge in [-0.2, -0.15) is 4.98 Å². The summed E-state index contributed by atoms with van der Waals surface area (Å²) < 4.78 is 34.7. The molecule has 0 saturated carbocycles. The number of hydrogen-bond acceptors (Lipinski definition) is 7. The van der Waals surface area contributed by atoms with Crippen LogP contribution in [0.1, 0.15) is 28.0 Å². The first kappa shape index (κ1) is 17.9. The molecule has 0 aliphatic rings. The zero-order valence-electron chi connectivity index (χ0n) is 14.0. The minimum atomic E-state index is -3.45. The van der Waals surface area contributed by atoms with Crippen LogP contribution in [0.3, 0.4) is 0 Å². The number of sulfone groups is 1. The number of aromatic nitrogens is 2. The number of nitrogens with one attached hydrogen (secondary N) is 1. The van der Waals surface area contributed by atoms with Gasteiger partial charge in [0.2, 0.25) is 0 Å². The van der Waals surface area contributed by atoms with Crippen molar-refractivity contribution in [1.82, 2.24) is 15.5 Å². The summed E-state index contributed by atoms with van der Waals surface area (Å²) in [5.41, 5.74) is 0. The molecule has 1 amide bonds. The SMILES string of the molecule is Cc1ccc(CNC(=O)c2nc(CCS(=O)(=O)c3ccccc3)no2)o1. The third kappa shape index (κ3) is 4.37. The number of benzene rings is 1. The molecule has 0 radical (unpaired) electrons. The van der Waals surface area contributed by atoms with Crippen molar-refractivity contribution in [2.45, 2.75) is 24.8 Å². The van der Waals surface area contributed by atoms with Crippen LogP contribution in [0.2, 0.25) is 0 Å². The van der Waals surface area contributed by atoms with Gasteiger partial charge < -0.3 is 14.3 Å². The lowest BCUT2D eigenvalue weighted by molar-refractivity contribution is 0.0904. The van der Waals surface area contributed by atoms with Crippen LogP contribution in [0, 0.1) is 6.92 Å². The number of carbonyl (C=O) groups is 1. The first-order chi connectivity index (χ1) is 12.4. The van der Waals surface area contributed by atoms with E-state index in [0.29, 0.717) is 5.76 Å². The Morgan fingerprint density at radius 1 is 1.15 bits per heavy atom. The van der Waals surface area contributed by atoms with E-state index in [-0.39, 0.29) is 35.3 Å². The van der Waals surface area contributed by atoms with Crippen LogP contribution in [0.4, 0.5) is 0 Å². The van der Waals surface area contributed by atoms with Gasteiger partial charge >= 0.3 is 11.8 Å². The molecule has 8 nitrogen and oxygen atoms in total. The van der Waals surface area contributed by atoms with Crippen molar-refractivity contribution >= 4 is 15.7 Å². The van der Waals surface area contributed by atoms with Crippen molar-refractivity contribution in [2.24, 2.45) is 0 Å². The molecule has 0 saturated heterocycles. The van der Waals surface area contributed by atoms with Gasteiger partial charge in [0, 0.05) is 6.42 Å². The molecule has 0 atom stereocenters. The third-order valence-electron chi connectivity index (χ3n) is 3.58. The highest BCUT2D eigenvalue weighted by Crippen LogP contribution is 2.12. The van der Waals surface area contributed by atoms with Crippen molar-refractivity contribution < 1.29 is 22.2 Å². The fraction of sp³-hybridized carbons (Fsp3) is 0.235. The fourth-order valence-electron chi connectivity index (χ4n) is 2.24. The topological polar surface area (TPSA) is 115 Å². The zero-order chi connectivity index (χ0) is 18.6. The average molecular weight is 375 g/mol. The predicted molar refractivity (Wildman–Crippen MR) is 91.1 cm³/mol. The Hall–Kier alpha value is -2.94. The van der Waals surface area contributed by atoms with Gasteiger partial charge in [-0.25, -0.2) is 8.42 Å². The summed E-state index contributed by atoms with van der Waals surface area (Å²) >= 11 is 0. The summed E-state index contributed by atoms with van der Waals surface area (Å²) in [5, 5.41) is 6.25. The minimum absolute atomic E-state index is 0.0470. The lowest BCUT2D eigenvalue weighted by atomic mass is 10.4. The van der Waals surface area contributed by atoms with E-state index in [9.17, 15) is 13.2 Å². The Balaban J connectivity index is 1.56. The standard InChI is InChI=1S/C17H17N3O5S/c1-12-7-8-13(24-12)11-18-16(21)17-19-15(20-25-17)9-10-26(22,23)14-5-3-2-4-6-14/h2-8H,9-11H2,1H3,(H,18,21). The van der Waals surface area contributed by atoms with E-state index in [1.54, 1.807) is 37.3 Å². The Kier molecular flexibility index (Phi) is 5.17. The second-order valence-corrected chi connectivity index (χ2v) is 7.70. The highest BCUT2D eigenvalue weighted by Gasteiger charge is 2.19. The quantitative estimate of drug-likeness (QED) is 0.671. The van der Waals surface area contributed by atoms with Crippen LogP contribution in [-0.4, -0.2) is 30.2 Å². The van der Waals surface area contributed by atoms with E-state index in [1.807, 2.05) is 0 Å². The molecule has 0 aliphatic heterocycles. The molecule has 9 heteroatoms. The molecule has 26 heavy (non-hydrogen) atoms. The van der Waals surface area contributed by atoms with Crippen molar-refractivity contribution in [1.29, 1.82) is 0 Å². The van der Waals surface area contributed by atoms with Crippen molar-refractivity contribution in [3.63, 3.8) is 0 Å². The number of furan rings is 1. The van der Waals surface area contributed by atoms with E-state index in [1.165, 1.54) is 12.1 Å². The predicted octanol–water partition coefficient (Wildman–Crippen LogP) is 1.92. The molecule has 2 heterocycles. The molecule has 1 aromatic carbocycles. The Morgan fingerprint density at radius 2 is 1.92 bits per heavy atom. The highest BCUT2D eigenvalue weighted by atomic mass is 32.2. The number of rotatable bonds is 7. The van der Waals surface area contributed by atoms with Crippen molar-refractivity contribution in [3.05, 3.63) is 65.7 Å². The maximum absolute atomic E-state index is 12.2. The van der Waals surface area contributed by atoms with Crippen LogP contribution in [0.25, 0.3) is 0 Å². The van der Waals surface area contributed by atoms with Crippen LogP contribution in [-0.2, 0) is 22.8 Å². The van der Waals surface area contributed by atoms with E-state index >= 15 is 0 Å². The molecule has 136 valence electrons. The molecular weight excluding hydrogens is 358 g/mol. The second-order valence-electron chi connectivity index (χ2n) is 5.59. The molecule has 2 aromatic heterocycles. The lowest BCUT2D eigenvalue weighted by Crippen LogP contribution is -2.23. The fourth-order valence-corrected chi connectivity index (χ4v) is 3.50. The number of carbonyl (C=O) groups excluding carboxylic acids is 1. The van der Waals surface area contributed by atoms with Gasteiger partial charge in [0.15, 0.2) is 15.7 Å². The van der Waals surface area contributed by atoms with Crippen molar-refractivity contribution in [2.75, 3.05) is 5.75 Å². The van der Waals surface area contributed by atoms with Crippen LogP contribution in [0.5, 0.6) is 0 Å². The number of hydrogen-bond donors (Lipinski definition) is 1. The molecule has 0 bridgehead atoms. The van der Waals surface area contributed by atoms with Gasteiger partial charge in [0.05, 0.1) is 17.2 Å². The summed E-state index contributed by atoms with van der Waals surface area (Å²) in [5.74, 6) is 0.551. The first-order valence-corrected chi connectivity index (χ1v) is 9.53. The molecule has 0 aliphatic carbocycles. The largest absolute Gasteiger partial charge is 0.465 e. The molecule has 0 unspecified atom stereocenters. The van der Waals surface area contributed by atoms with Crippen molar-refractivity contribution in [3.8, 4) is 0 Å². The molecule has 3 rings (SSSR count). The highest BCUT2D eigenvalue weighted by molar-refractivity contribution is 7.91. The van der Waals surface area contributed by atoms with Gasteiger partial charge in [-0.1, -0.05) is 23.4 Å². The lowest BCUT2D eigenvalue weighted by Gasteiger charge is -2.01. The molecular formula is C17H17N3O5S. The van der Waals surface area contributed by atoms with E-state index in [0.717, 1.165) is 5.76 Å². The molecule has 0 spiro atoms. The monoisotopic (exact) mass is 375 g/mol. The molecule has 3 aromatic rings. The maximum atomic E-state index is 12.2. The first-order valence-electron chi connectivity index (χ1n) is 7.88. The maximum Gasteiger partial charge on any atom is 0.315 e. The number of aryl methyl sites for hydroxylation is 2. The molecule has 0 fully saturated rings. The Bertz CT molecular complexity index is 992. The Labute approximate surface area is 150 Å². The summed E-state index contributed by atoms with van der Waals surface area (Å²) in [6.45, 7) is 1.99. The zero-order valence-corrected chi connectivity index (χ0v) is 14.8.